The van der Waals surface area contributed by atoms with Gasteiger partial charge in [0, 0.05) is 12.8 Å². The van der Waals surface area contributed by atoms with E-state index in [4.69, 9.17) is 18.9 Å². The fourth-order valence-corrected chi connectivity index (χ4v) is 12.1. The molecule has 0 spiro atoms. The number of unbranched alkanes of at least 4 members (excludes halogenated alkanes) is 45. The highest BCUT2D eigenvalue weighted by atomic mass is 16.7. The summed E-state index contributed by atoms with van der Waals surface area (Å²) >= 11 is 0. The molecule has 2 atom stereocenters. The number of carbonyl (C=O) groups is 3. The van der Waals surface area contributed by atoms with Crippen molar-refractivity contribution in [2.45, 2.75) is 399 Å². The van der Waals surface area contributed by atoms with Gasteiger partial charge in [0.1, 0.15) is 13.2 Å². The van der Waals surface area contributed by atoms with Crippen molar-refractivity contribution in [2.75, 3.05) is 47.5 Å². The summed E-state index contributed by atoms with van der Waals surface area (Å²) < 4.78 is 22.9. The van der Waals surface area contributed by atoms with Gasteiger partial charge in [0.15, 0.2) is 12.4 Å². The highest BCUT2D eigenvalue weighted by Gasteiger charge is 2.22. The molecule has 9 nitrogen and oxygen atoms in total. The summed E-state index contributed by atoms with van der Waals surface area (Å²) in [4.78, 5) is 37.7. The summed E-state index contributed by atoms with van der Waals surface area (Å²) in [5, 5.41) is 11.9. The van der Waals surface area contributed by atoms with Crippen LogP contribution in [0, 0.1) is 0 Å². The molecule has 0 aromatic rings. The molecule has 0 radical (unpaired) electrons. The minimum absolute atomic E-state index is 0.147. The lowest BCUT2D eigenvalue weighted by Crippen LogP contribution is -2.44. The molecular formula is C90H159NO8. The lowest BCUT2D eigenvalue weighted by molar-refractivity contribution is -0.870. The van der Waals surface area contributed by atoms with Gasteiger partial charge in [0.25, 0.3) is 0 Å². The smallest absolute Gasteiger partial charge is 0.306 e. The van der Waals surface area contributed by atoms with Crippen LogP contribution in [0.25, 0.3) is 0 Å². The fourth-order valence-electron chi connectivity index (χ4n) is 12.1. The van der Waals surface area contributed by atoms with Crippen LogP contribution in [0.2, 0.25) is 0 Å². The molecule has 0 fully saturated rings. The summed E-state index contributed by atoms with van der Waals surface area (Å²) in [5.41, 5.74) is 0. The van der Waals surface area contributed by atoms with Crippen LogP contribution in [0.15, 0.2) is 109 Å². The van der Waals surface area contributed by atoms with Gasteiger partial charge in [-0.15, -0.1) is 0 Å². The first kappa shape index (κ1) is 94.9. The summed E-state index contributed by atoms with van der Waals surface area (Å²) in [6.45, 7) is 4.67. The number of allylic oxidation sites excluding steroid dienone is 18. The molecule has 9 heteroatoms. The van der Waals surface area contributed by atoms with Gasteiger partial charge < -0.3 is 33.3 Å². The summed E-state index contributed by atoms with van der Waals surface area (Å²) in [6.07, 6.45) is 109. The third-order valence-corrected chi connectivity index (χ3v) is 18.5. The van der Waals surface area contributed by atoms with Crippen LogP contribution in [0.4, 0.5) is 0 Å². The average Bonchev–Trinajstić information content (AvgIpc) is 2.19. The van der Waals surface area contributed by atoms with Crippen molar-refractivity contribution in [1.82, 2.24) is 0 Å². The van der Waals surface area contributed by atoms with Crippen molar-refractivity contribution in [1.29, 1.82) is 0 Å². The first-order chi connectivity index (χ1) is 48.6. The van der Waals surface area contributed by atoms with Gasteiger partial charge in [0.05, 0.1) is 40.3 Å². The molecule has 99 heavy (non-hydrogen) atoms. The first-order valence-electron chi connectivity index (χ1n) is 42.0. The molecule has 0 saturated carbocycles. The van der Waals surface area contributed by atoms with Crippen LogP contribution >= 0.6 is 0 Å². The van der Waals surface area contributed by atoms with Gasteiger partial charge >= 0.3 is 11.9 Å². The monoisotopic (exact) mass is 1380 g/mol. The maximum absolute atomic E-state index is 13.0. The Hall–Kier alpha value is -4.05. The topological polar surface area (TPSA) is 111 Å². The molecule has 0 aliphatic rings. The Labute approximate surface area is 613 Å². The third kappa shape index (κ3) is 81.1. The van der Waals surface area contributed by atoms with E-state index in [0.717, 1.165) is 83.5 Å². The Morgan fingerprint density at radius 3 is 0.859 bits per heavy atom. The molecule has 0 N–H and O–H groups in total. The second-order valence-corrected chi connectivity index (χ2v) is 29.4. The molecule has 0 aliphatic carbocycles. The molecular weight excluding hydrogens is 1220 g/mol. The summed E-state index contributed by atoms with van der Waals surface area (Å²) in [6, 6.07) is 0. The predicted octanol–water partition coefficient (Wildman–Crippen LogP) is 25.9. The Morgan fingerprint density at radius 1 is 0.313 bits per heavy atom. The summed E-state index contributed by atoms with van der Waals surface area (Å²) in [7, 11) is 5.95. The Balaban J connectivity index is 3.98. The molecule has 0 bridgehead atoms. The highest BCUT2D eigenvalue weighted by molar-refractivity contribution is 5.70. The minimum Gasteiger partial charge on any atom is -0.545 e. The lowest BCUT2D eigenvalue weighted by Gasteiger charge is -2.26. The van der Waals surface area contributed by atoms with E-state index in [-0.39, 0.29) is 32.2 Å². The van der Waals surface area contributed by atoms with E-state index >= 15 is 0 Å². The van der Waals surface area contributed by atoms with E-state index in [9.17, 15) is 19.5 Å². The van der Waals surface area contributed by atoms with Crippen molar-refractivity contribution >= 4 is 17.9 Å². The van der Waals surface area contributed by atoms with Crippen LogP contribution < -0.4 is 5.11 Å². The van der Waals surface area contributed by atoms with E-state index in [1.807, 2.05) is 21.1 Å². The minimum atomic E-state index is -1.62. The first-order valence-corrected chi connectivity index (χ1v) is 42.0. The second-order valence-electron chi connectivity index (χ2n) is 29.4. The molecule has 2 unspecified atom stereocenters. The van der Waals surface area contributed by atoms with Gasteiger partial charge in [-0.25, -0.2) is 0 Å². The number of carboxylic acid groups (broad SMARTS) is 1. The Kier molecular flexibility index (Phi) is 76.4. The van der Waals surface area contributed by atoms with Gasteiger partial charge in [-0.1, -0.05) is 380 Å². The zero-order valence-corrected chi connectivity index (χ0v) is 65.6. The second kappa shape index (κ2) is 79.6. The van der Waals surface area contributed by atoms with Crippen molar-refractivity contribution in [3.63, 3.8) is 0 Å². The van der Waals surface area contributed by atoms with Gasteiger partial charge in [0.2, 0.25) is 0 Å². The van der Waals surface area contributed by atoms with E-state index < -0.39 is 24.3 Å². The van der Waals surface area contributed by atoms with Crippen molar-refractivity contribution in [2.24, 2.45) is 0 Å². The Bertz CT molecular complexity index is 2000. The van der Waals surface area contributed by atoms with E-state index in [1.54, 1.807) is 0 Å². The number of carboxylic acids is 1. The van der Waals surface area contributed by atoms with Crippen LogP contribution in [0.5, 0.6) is 0 Å². The number of likely N-dealkylation sites (N-methyl/N-ethyl adjacent to an activating group) is 1. The average molecular weight is 1380 g/mol. The van der Waals surface area contributed by atoms with E-state index in [1.165, 1.54) is 270 Å². The van der Waals surface area contributed by atoms with Gasteiger partial charge in [-0.05, 0) is 103 Å². The Morgan fingerprint density at radius 2 is 0.576 bits per heavy atom. The highest BCUT2D eigenvalue weighted by Crippen LogP contribution is 2.19. The van der Waals surface area contributed by atoms with Crippen LogP contribution in [0.1, 0.15) is 386 Å². The lowest BCUT2D eigenvalue weighted by atomic mass is 10.0. The number of aliphatic carboxylic acids is 1. The maximum atomic E-state index is 13.0. The van der Waals surface area contributed by atoms with E-state index in [2.05, 4.69) is 123 Å². The van der Waals surface area contributed by atoms with E-state index in [0.29, 0.717) is 23.9 Å². The molecule has 0 saturated heterocycles. The number of ether oxygens (including phenoxy) is 4. The van der Waals surface area contributed by atoms with Gasteiger partial charge in [-0.3, -0.25) is 9.59 Å². The van der Waals surface area contributed by atoms with Crippen molar-refractivity contribution in [3.8, 4) is 0 Å². The molecule has 572 valence electrons. The fraction of sp³-hybridized carbons (Fsp3) is 0.767. The number of hydrogen-bond donors (Lipinski definition) is 0. The van der Waals surface area contributed by atoms with Crippen molar-refractivity contribution in [3.05, 3.63) is 109 Å². The van der Waals surface area contributed by atoms with Crippen LogP contribution in [-0.4, -0.2) is 82.3 Å². The number of carbonyl (C=O) groups excluding carboxylic acids is 3. The summed E-state index contributed by atoms with van der Waals surface area (Å²) in [5.74, 6) is -2.26. The molecule has 0 amide bonds. The van der Waals surface area contributed by atoms with Crippen molar-refractivity contribution < 1.29 is 42.9 Å². The normalized spacial score (nSPS) is 13.2. The number of rotatable bonds is 78. The zero-order valence-electron chi connectivity index (χ0n) is 65.6. The maximum Gasteiger partial charge on any atom is 0.306 e. The SMILES string of the molecule is CC/C=C\C/C=C\C/C=C\C/C=C\C/C=C\C/C=C\CCCCCCCCCCCCCCCCCCCCC(=O)OC(COC(=O)CCCCCCCCCCCCCCCCCCCCCCCC/C=C\C/C=C\C/C=C\CCCCCCC)COC(OCC[N+](C)(C)C)C(=O)[O-]. The predicted molar refractivity (Wildman–Crippen MR) is 426 cm³/mol. The molecule has 0 heterocycles. The van der Waals surface area contributed by atoms with Gasteiger partial charge in [-0.2, -0.15) is 0 Å². The molecule has 0 aromatic heterocycles. The quantitative estimate of drug-likeness (QED) is 0.0195. The number of hydrogen-bond acceptors (Lipinski definition) is 8. The van der Waals surface area contributed by atoms with Crippen LogP contribution in [0.3, 0.4) is 0 Å². The number of esters is 2. The molecule has 0 aliphatic heterocycles. The zero-order chi connectivity index (χ0) is 71.8. The largest absolute Gasteiger partial charge is 0.545 e. The number of nitrogens with zero attached hydrogens (tertiary/aromatic N) is 1. The number of quaternary nitrogens is 1. The third-order valence-electron chi connectivity index (χ3n) is 18.5. The standard InChI is InChI=1S/C90H159NO8/c1-6-8-10-12-14-16-18-20-22-24-26-28-30-32-34-36-38-40-42-44-46-48-50-52-54-56-58-60-62-64-66-68-70-72-74-76-78-80-87(92)97-84-86(85-98-90(89(94)95)96-83-82-91(3,4)5)99-88(93)81-79-77-75-73-71-69-67-65-63-61-59-57-55-53-51-49-47-45-43-41-39-37-35-33-31-29-27-25-23-21-19-17-15-13-11-9-7-2/h9,11,15,17-18,20-21,23-24,26-27,29-30,32-33,35,39,41,86,90H,6-8,10,12-14,16,19,22,25,28,31,34,36-38,40,42-85H2,1-5H3/b11-9-,17-15-,20-18-,23-21-,26-24-,29-27-,32-30-,35-33-,41-39-. The molecule has 0 aromatic carbocycles. The molecule has 0 rings (SSSR count). The van der Waals surface area contributed by atoms with Crippen LogP contribution in [-0.2, 0) is 33.3 Å².